The molecule has 28 heavy (non-hydrogen) atoms. The zero-order valence-electron chi connectivity index (χ0n) is 18.7. The van der Waals surface area contributed by atoms with E-state index in [-0.39, 0.29) is 18.3 Å². The third kappa shape index (κ3) is 5.96. The summed E-state index contributed by atoms with van der Waals surface area (Å²) in [5, 5.41) is 0. The maximum atomic E-state index is 5.54. The van der Waals surface area contributed by atoms with E-state index in [2.05, 4.69) is 102 Å². The Kier molecular flexibility index (Phi) is 7.92. The average Bonchev–Trinajstić information content (AvgIpc) is 2.86. The first-order chi connectivity index (χ1) is 13.2. The molecule has 0 N–H and O–H groups in total. The van der Waals surface area contributed by atoms with E-state index in [1.54, 1.807) is 0 Å². The van der Waals surface area contributed by atoms with Gasteiger partial charge in [0.2, 0.25) is 0 Å². The van der Waals surface area contributed by atoms with Crippen LogP contribution in [0.4, 0.5) is 0 Å². The van der Waals surface area contributed by atoms with Crippen molar-refractivity contribution in [2.45, 2.75) is 84.2 Å². The van der Waals surface area contributed by atoms with Gasteiger partial charge >= 0.3 is 7.12 Å². The summed E-state index contributed by atoms with van der Waals surface area (Å²) in [5.74, 6) is 1.29. The largest absolute Gasteiger partial charge is 0.454 e. The van der Waals surface area contributed by atoms with Crippen molar-refractivity contribution in [3.8, 4) is 0 Å². The molecule has 1 aliphatic heterocycles. The minimum absolute atomic E-state index is 0.0648. The predicted octanol–water partition coefficient (Wildman–Crippen LogP) is 7.08. The zero-order valence-corrected chi connectivity index (χ0v) is 18.7. The van der Waals surface area contributed by atoms with E-state index in [1.165, 1.54) is 24.0 Å². The van der Waals surface area contributed by atoms with Gasteiger partial charge in [-0.1, -0.05) is 74.5 Å². The van der Waals surface area contributed by atoms with Crippen LogP contribution in [0.3, 0.4) is 0 Å². The van der Waals surface area contributed by atoms with Gasteiger partial charge in [-0.2, -0.15) is 0 Å². The SMILES string of the molecule is CB1OC(C)(C)C(C)(C)O1.CCC(CC(C)c1ccccc1)c1ccccc1. The molecule has 2 aromatic carbocycles. The van der Waals surface area contributed by atoms with Gasteiger partial charge in [0.25, 0.3) is 0 Å². The number of benzene rings is 2. The lowest BCUT2D eigenvalue weighted by Crippen LogP contribution is -2.41. The molecule has 0 radical (unpaired) electrons. The Morgan fingerprint density at radius 1 is 0.786 bits per heavy atom. The lowest BCUT2D eigenvalue weighted by molar-refractivity contribution is 0.00578. The molecule has 1 fully saturated rings. The van der Waals surface area contributed by atoms with Crippen LogP contribution in [0.15, 0.2) is 60.7 Å². The first-order valence-corrected chi connectivity index (χ1v) is 10.6. The van der Waals surface area contributed by atoms with Crippen LogP contribution in [-0.4, -0.2) is 18.3 Å². The van der Waals surface area contributed by atoms with Crippen molar-refractivity contribution in [3.63, 3.8) is 0 Å². The summed E-state index contributed by atoms with van der Waals surface area (Å²) in [4.78, 5) is 0. The third-order valence-corrected chi connectivity index (χ3v) is 6.14. The van der Waals surface area contributed by atoms with Gasteiger partial charge in [-0.15, -0.1) is 0 Å². The summed E-state index contributed by atoms with van der Waals surface area (Å²) in [5.41, 5.74) is 2.61. The van der Waals surface area contributed by atoms with Gasteiger partial charge in [0, 0.05) is 0 Å². The van der Waals surface area contributed by atoms with E-state index in [0.717, 1.165) is 0 Å². The fourth-order valence-electron chi connectivity index (χ4n) is 3.75. The Labute approximate surface area is 172 Å². The molecule has 0 aliphatic carbocycles. The van der Waals surface area contributed by atoms with Crippen molar-refractivity contribution >= 4 is 7.12 Å². The minimum Gasteiger partial charge on any atom is -0.403 e. The summed E-state index contributed by atoms with van der Waals surface area (Å²) in [7, 11) is -0.0648. The topological polar surface area (TPSA) is 18.5 Å². The lowest BCUT2D eigenvalue weighted by Gasteiger charge is -2.32. The van der Waals surface area contributed by atoms with Crippen LogP contribution in [0.25, 0.3) is 0 Å². The standard InChI is InChI=1S/C18H22.C7H15BO2/c1-3-16(18-12-8-5-9-13-18)14-15(2)17-10-6-4-7-11-17;1-6(2)7(3,4)10-8(5)9-6/h4-13,15-16H,3,14H2,1-2H3;1-5H3. The second kappa shape index (κ2) is 9.76. The van der Waals surface area contributed by atoms with Crippen LogP contribution in [0.2, 0.25) is 6.82 Å². The second-order valence-electron chi connectivity index (χ2n) is 8.89. The van der Waals surface area contributed by atoms with Crippen molar-refractivity contribution < 1.29 is 9.31 Å². The van der Waals surface area contributed by atoms with Crippen LogP contribution in [0, 0.1) is 0 Å². The molecule has 1 saturated heterocycles. The van der Waals surface area contributed by atoms with Gasteiger partial charge in [0.15, 0.2) is 0 Å². The molecule has 0 amide bonds. The summed E-state index contributed by atoms with van der Waals surface area (Å²) >= 11 is 0. The van der Waals surface area contributed by atoms with Gasteiger partial charge in [-0.05, 0) is 70.3 Å². The Morgan fingerprint density at radius 3 is 1.57 bits per heavy atom. The summed E-state index contributed by atoms with van der Waals surface area (Å²) in [6.07, 6.45) is 2.44. The minimum atomic E-state index is -0.160. The maximum Gasteiger partial charge on any atom is 0.454 e. The molecule has 0 aromatic heterocycles. The Bertz CT molecular complexity index is 681. The highest BCUT2D eigenvalue weighted by Crippen LogP contribution is 2.36. The fraction of sp³-hybridized carbons (Fsp3) is 0.520. The van der Waals surface area contributed by atoms with Crippen LogP contribution in [-0.2, 0) is 9.31 Å². The monoisotopic (exact) mass is 380 g/mol. The van der Waals surface area contributed by atoms with Crippen molar-refractivity contribution in [2.24, 2.45) is 0 Å². The molecular formula is C25H37BO2. The van der Waals surface area contributed by atoms with Crippen LogP contribution in [0.5, 0.6) is 0 Å². The van der Waals surface area contributed by atoms with E-state index in [1.807, 2.05) is 6.82 Å². The van der Waals surface area contributed by atoms with Crippen LogP contribution >= 0.6 is 0 Å². The van der Waals surface area contributed by atoms with E-state index in [9.17, 15) is 0 Å². The highest BCUT2D eigenvalue weighted by Gasteiger charge is 2.48. The quantitative estimate of drug-likeness (QED) is 0.516. The molecule has 2 nitrogen and oxygen atoms in total. The number of rotatable bonds is 5. The highest BCUT2D eigenvalue weighted by molar-refractivity contribution is 6.43. The summed E-state index contributed by atoms with van der Waals surface area (Å²) in [6, 6.07) is 21.7. The molecule has 0 bridgehead atoms. The number of hydrogen-bond acceptors (Lipinski definition) is 2. The second-order valence-corrected chi connectivity index (χ2v) is 8.89. The van der Waals surface area contributed by atoms with E-state index >= 15 is 0 Å². The normalized spacial score (nSPS) is 19.5. The first kappa shape index (κ1) is 22.7. The average molecular weight is 380 g/mol. The van der Waals surface area contributed by atoms with Crippen LogP contribution in [0.1, 0.15) is 77.3 Å². The van der Waals surface area contributed by atoms with Gasteiger partial charge in [0.05, 0.1) is 11.2 Å². The molecule has 2 aromatic rings. The molecule has 152 valence electrons. The number of hydrogen-bond donors (Lipinski definition) is 0. The van der Waals surface area contributed by atoms with Gasteiger partial charge < -0.3 is 9.31 Å². The van der Waals surface area contributed by atoms with Gasteiger partial charge in [-0.25, -0.2) is 0 Å². The smallest absolute Gasteiger partial charge is 0.403 e. The van der Waals surface area contributed by atoms with E-state index in [0.29, 0.717) is 11.8 Å². The van der Waals surface area contributed by atoms with Gasteiger partial charge in [0.1, 0.15) is 0 Å². The third-order valence-electron chi connectivity index (χ3n) is 6.14. The summed E-state index contributed by atoms with van der Waals surface area (Å²) < 4.78 is 11.1. The lowest BCUT2D eigenvalue weighted by atomic mass is 9.85. The van der Waals surface area contributed by atoms with E-state index in [4.69, 9.17) is 9.31 Å². The van der Waals surface area contributed by atoms with E-state index < -0.39 is 0 Å². The Balaban J connectivity index is 0.000000237. The highest BCUT2D eigenvalue weighted by atomic mass is 16.7. The van der Waals surface area contributed by atoms with Gasteiger partial charge in [-0.3, -0.25) is 0 Å². The molecule has 1 heterocycles. The molecule has 0 saturated carbocycles. The Hall–Kier alpha value is -1.58. The summed E-state index contributed by atoms with van der Waals surface area (Å²) in [6.45, 7) is 14.8. The fourth-order valence-corrected chi connectivity index (χ4v) is 3.75. The molecule has 1 aliphatic rings. The Morgan fingerprint density at radius 2 is 1.21 bits per heavy atom. The van der Waals surface area contributed by atoms with Crippen LogP contribution < -0.4 is 0 Å². The molecule has 0 spiro atoms. The molecular weight excluding hydrogens is 343 g/mol. The van der Waals surface area contributed by atoms with Crippen molar-refractivity contribution in [1.82, 2.24) is 0 Å². The maximum absolute atomic E-state index is 5.54. The zero-order chi connectivity index (χ0) is 20.8. The predicted molar refractivity (Wildman–Crippen MR) is 121 cm³/mol. The molecule has 2 atom stereocenters. The van der Waals surface area contributed by atoms with Crippen molar-refractivity contribution in [2.75, 3.05) is 0 Å². The van der Waals surface area contributed by atoms with Crippen molar-refractivity contribution in [1.29, 1.82) is 0 Å². The van der Waals surface area contributed by atoms with Crippen molar-refractivity contribution in [3.05, 3.63) is 71.8 Å². The first-order valence-electron chi connectivity index (χ1n) is 10.6. The molecule has 3 rings (SSSR count). The molecule has 2 unspecified atom stereocenters. The molecule has 3 heteroatoms.